The van der Waals surface area contributed by atoms with Gasteiger partial charge < -0.3 is 5.73 Å². The largest absolute Gasteiger partial charge is 0.541 e. The highest BCUT2D eigenvalue weighted by molar-refractivity contribution is 5.91. The molecule has 21 heavy (non-hydrogen) atoms. The summed E-state index contributed by atoms with van der Waals surface area (Å²) in [6, 6.07) is 10.5. The molecule has 2 N–H and O–H groups in total. The standard InChI is InChI=1S/C15H13N4O2/c1-18(21)15(20)19-7-5-12-8-10(2-3-13(12)19)11-4-6-17-14(16)9-11/h2-9H,1H3,(H2,16,17)/q+1. The van der Waals surface area contributed by atoms with E-state index in [0.717, 1.165) is 16.5 Å². The number of aromatic nitrogens is 2. The highest BCUT2D eigenvalue weighted by atomic mass is 16.3. The van der Waals surface area contributed by atoms with Crippen LogP contribution >= 0.6 is 0 Å². The van der Waals surface area contributed by atoms with Crippen molar-refractivity contribution in [3.05, 3.63) is 53.7 Å². The number of carbonyl (C=O) groups is 1. The summed E-state index contributed by atoms with van der Waals surface area (Å²) in [5, 5.41) is 0.873. The van der Waals surface area contributed by atoms with Crippen molar-refractivity contribution < 1.29 is 9.55 Å². The lowest BCUT2D eigenvalue weighted by atomic mass is 10.1. The van der Waals surface area contributed by atoms with E-state index in [1.54, 1.807) is 24.5 Å². The second-order valence-corrected chi connectivity index (χ2v) is 4.71. The molecule has 0 spiro atoms. The number of benzene rings is 1. The van der Waals surface area contributed by atoms with Crippen molar-refractivity contribution in [3.63, 3.8) is 0 Å². The molecule has 1 aromatic carbocycles. The monoisotopic (exact) mass is 281 g/mol. The number of anilines is 1. The van der Waals surface area contributed by atoms with Gasteiger partial charge in [-0.25, -0.2) is 4.98 Å². The molecule has 0 aliphatic carbocycles. The Balaban J connectivity index is 2.11. The maximum Gasteiger partial charge on any atom is 0.541 e. The van der Waals surface area contributed by atoms with Gasteiger partial charge in [0.1, 0.15) is 24.6 Å². The first-order valence-electron chi connectivity index (χ1n) is 6.34. The Bertz CT molecular complexity index is 867. The lowest BCUT2D eigenvalue weighted by Crippen LogP contribution is -2.19. The molecule has 6 heteroatoms. The van der Waals surface area contributed by atoms with Crippen LogP contribution in [0.25, 0.3) is 22.0 Å². The highest BCUT2D eigenvalue weighted by Gasteiger charge is 2.21. The van der Waals surface area contributed by atoms with E-state index in [2.05, 4.69) is 4.98 Å². The quantitative estimate of drug-likeness (QED) is 0.695. The van der Waals surface area contributed by atoms with E-state index in [4.69, 9.17) is 5.73 Å². The van der Waals surface area contributed by atoms with Crippen molar-refractivity contribution in [3.8, 4) is 11.1 Å². The molecule has 3 aromatic rings. The predicted octanol–water partition coefficient (Wildman–Crippen LogP) is 2.66. The number of nitrogens with zero attached hydrogens (tertiary/aromatic N) is 3. The smallest absolute Gasteiger partial charge is 0.384 e. The maximum absolute atomic E-state index is 11.8. The van der Waals surface area contributed by atoms with Crippen LogP contribution in [-0.4, -0.2) is 27.4 Å². The van der Waals surface area contributed by atoms with E-state index in [9.17, 15) is 9.70 Å². The summed E-state index contributed by atoms with van der Waals surface area (Å²) >= 11 is 0. The van der Waals surface area contributed by atoms with E-state index in [0.29, 0.717) is 16.1 Å². The first kappa shape index (κ1) is 13.0. The molecule has 0 fully saturated rings. The second-order valence-electron chi connectivity index (χ2n) is 4.71. The molecule has 0 radical (unpaired) electrons. The predicted molar refractivity (Wildman–Crippen MR) is 79.9 cm³/mol. The maximum atomic E-state index is 11.8. The number of hydrogen-bond donors (Lipinski definition) is 1. The minimum Gasteiger partial charge on any atom is -0.384 e. The van der Waals surface area contributed by atoms with Gasteiger partial charge in [0.2, 0.25) is 0 Å². The van der Waals surface area contributed by atoms with Crippen molar-refractivity contribution in [1.29, 1.82) is 0 Å². The zero-order chi connectivity index (χ0) is 15.0. The number of carbonyl (C=O) groups excluding carboxylic acids is 1. The Morgan fingerprint density at radius 3 is 2.67 bits per heavy atom. The second kappa shape index (κ2) is 4.82. The van der Waals surface area contributed by atoms with Crippen LogP contribution in [0.2, 0.25) is 0 Å². The summed E-state index contributed by atoms with van der Waals surface area (Å²) in [5.41, 5.74) is 8.29. The van der Waals surface area contributed by atoms with E-state index < -0.39 is 6.03 Å². The Labute approximate surface area is 120 Å². The minimum atomic E-state index is -0.620. The SMILES string of the molecule is C[N+](=O)C(=O)n1ccc2cc(-c3ccnc(N)c3)ccc21. The zero-order valence-corrected chi connectivity index (χ0v) is 11.4. The van der Waals surface area contributed by atoms with Crippen LogP contribution in [0.3, 0.4) is 0 Å². The average Bonchev–Trinajstić information content (AvgIpc) is 2.89. The Kier molecular flexibility index (Phi) is 2.98. The molecule has 0 atom stereocenters. The third kappa shape index (κ3) is 2.27. The van der Waals surface area contributed by atoms with Crippen molar-refractivity contribution in [2.24, 2.45) is 0 Å². The Hall–Kier alpha value is -3.02. The number of nitroso groups, excluding NO2 is 1. The highest BCUT2D eigenvalue weighted by Crippen LogP contribution is 2.25. The summed E-state index contributed by atoms with van der Waals surface area (Å²) in [5.74, 6) is 0.452. The minimum absolute atomic E-state index is 0.302. The van der Waals surface area contributed by atoms with Gasteiger partial charge >= 0.3 is 6.03 Å². The van der Waals surface area contributed by atoms with Gasteiger partial charge in [0.15, 0.2) is 0 Å². The van der Waals surface area contributed by atoms with Crippen LogP contribution < -0.4 is 5.73 Å². The fraction of sp³-hybridized carbons (Fsp3) is 0.0667. The molecule has 0 aliphatic rings. The molecular weight excluding hydrogens is 268 g/mol. The summed E-state index contributed by atoms with van der Waals surface area (Å²) in [6.07, 6.45) is 3.24. The van der Waals surface area contributed by atoms with Gasteiger partial charge in [-0.05, 0) is 41.5 Å². The Morgan fingerprint density at radius 1 is 1.19 bits per heavy atom. The number of amides is 1. The zero-order valence-electron chi connectivity index (χ0n) is 11.4. The van der Waals surface area contributed by atoms with Crippen molar-refractivity contribution in [2.45, 2.75) is 0 Å². The number of fused-ring (bicyclic) bond motifs is 1. The lowest BCUT2D eigenvalue weighted by Gasteiger charge is -2.02. The third-order valence-electron chi connectivity index (χ3n) is 3.28. The number of rotatable bonds is 1. The molecule has 0 saturated carbocycles. The van der Waals surface area contributed by atoms with Crippen LogP contribution in [0.4, 0.5) is 10.6 Å². The Morgan fingerprint density at radius 2 is 1.95 bits per heavy atom. The molecule has 0 unspecified atom stereocenters. The van der Waals surface area contributed by atoms with Gasteiger partial charge in [0.25, 0.3) is 0 Å². The molecule has 0 aliphatic heterocycles. The number of hydrogen-bond acceptors (Lipinski definition) is 4. The van der Waals surface area contributed by atoms with Crippen LogP contribution in [0.1, 0.15) is 0 Å². The van der Waals surface area contributed by atoms with Crippen LogP contribution in [-0.2, 0) is 0 Å². The number of nitrogen functional groups attached to an aromatic ring is 1. The number of pyridine rings is 1. The summed E-state index contributed by atoms with van der Waals surface area (Å²) in [4.78, 5) is 26.9. The fourth-order valence-corrected chi connectivity index (χ4v) is 2.27. The van der Waals surface area contributed by atoms with Gasteiger partial charge in [-0.1, -0.05) is 11.0 Å². The van der Waals surface area contributed by atoms with E-state index in [1.807, 2.05) is 24.3 Å². The van der Waals surface area contributed by atoms with Crippen molar-refractivity contribution in [2.75, 3.05) is 12.8 Å². The van der Waals surface area contributed by atoms with E-state index in [-0.39, 0.29) is 0 Å². The van der Waals surface area contributed by atoms with Gasteiger partial charge in [0, 0.05) is 16.3 Å². The van der Waals surface area contributed by atoms with E-state index in [1.165, 1.54) is 11.6 Å². The molecular formula is C15H13N4O2+. The molecule has 6 nitrogen and oxygen atoms in total. The first-order valence-corrected chi connectivity index (χ1v) is 6.34. The van der Waals surface area contributed by atoms with Crippen LogP contribution in [0.5, 0.6) is 0 Å². The van der Waals surface area contributed by atoms with Gasteiger partial charge in [-0.15, -0.1) is 0 Å². The van der Waals surface area contributed by atoms with Crippen LogP contribution in [0, 0.1) is 4.91 Å². The fourth-order valence-electron chi connectivity index (χ4n) is 2.27. The topological polar surface area (TPSA) is 81.0 Å². The molecule has 104 valence electrons. The molecule has 3 rings (SSSR count). The first-order chi connectivity index (χ1) is 10.1. The normalized spacial score (nSPS) is 10.7. The molecule has 0 bridgehead atoms. The van der Waals surface area contributed by atoms with E-state index >= 15 is 0 Å². The molecule has 0 saturated heterocycles. The van der Waals surface area contributed by atoms with Crippen LogP contribution in [0.15, 0.2) is 48.8 Å². The molecule has 2 aromatic heterocycles. The summed E-state index contributed by atoms with van der Waals surface area (Å²) in [6.45, 7) is 0. The third-order valence-corrected chi connectivity index (χ3v) is 3.28. The van der Waals surface area contributed by atoms with Gasteiger partial charge in [-0.3, -0.25) is 0 Å². The lowest BCUT2D eigenvalue weighted by molar-refractivity contribution is -0.416. The molecule has 2 heterocycles. The molecule has 1 amide bonds. The van der Waals surface area contributed by atoms with Gasteiger partial charge in [-0.2, -0.15) is 9.36 Å². The number of nitrogens with two attached hydrogens (primary N) is 1. The summed E-state index contributed by atoms with van der Waals surface area (Å²) in [7, 11) is 1.18. The average molecular weight is 281 g/mol. The van der Waals surface area contributed by atoms with Crippen molar-refractivity contribution in [1.82, 2.24) is 9.55 Å². The van der Waals surface area contributed by atoms with Crippen molar-refractivity contribution >= 4 is 22.8 Å². The van der Waals surface area contributed by atoms with Gasteiger partial charge in [0.05, 0.1) is 0 Å². The summed E-state index contributed by atoms with van der Waals surface area (Å²) < 4.78 is 1.63.